The molecule has 0 aliphatic carbocycles. The molecule has 3 heteroatoms. The van der Waals surface area contributed by atoms with Crippen molar-refractivity contribution in [3.8, 4) is 0 Å². The Hall–Kier alpha value is -0.0151. The van der Waals surface area contributed by atoms with Crippen LogP contribution in [0.25, 0.3) is 0 Å². The monoisotopic (exact) mass is 116 g/mol. The highest BCUT2D eigenvalue weighted by molar-refractivity contribution is 6.42. The molecule has 0 amide bonds. The second kappa shape index (κ2) is 3.92. The van der Waals surface area contributed by atoms with Crippen LogP contribution in [0.15, 0.2) is 0 Å². The molecule has 0 spiro atoms. The fourth-order valence-electron chi connectivity index (χ4n) is 0.604. The Morgan fingerprint density at radius 2 is 2.00 bits per heavy atom. The van der Waals surface area contributed by atoms with E-state index in [1.54, 1.807) is 0 Å². The molecule has 48 valence electrons. The van der Waals surface area contributed by atoms with Gasteiger partial charge in [0.2, 0.25) is 0 Å². The van der Waals surface area contributed by atoms with Gasteiger partial charge in [0, 0.05) is 0 Å². The zero-order valence-electron chi connectivity index (χ0n) is 5.46. The van der Waals surface area contributed by atoms with Crippen LogP contribution in [-0.2, 0) is 0 Å². The van der Waals surface area contributed by atoms with Crippen LogP contribution in [0.1, 0.15) is 26.7 Å². The largest absolute Gasteiger partial charge is 0.454 e. The Bertz CT molecular complexity index is 56.4. The van der Waals surface area contributed by atoms with Crippen molar-refractivity contribution in [2.45, 2.75) is 32.5 Å². The average Bonchev–Trinajstić information content (AvgIpc) is 1.67. The summed E-state index contributed by atoms with van der Waals surface area (Å²) in [5.41, 5.74) is 0. The summed E-state index contributed by atoms with van der Waals surface area (Å²) >= 11 is 0. The van der Waals surface area contributed by atoms with Crippen LogP contribution in [0.5, 0.6) is 0 Å². The highest BCUT2D eigenvalue weighted by Gasteiger charge is 2.15. The molecule has 0 radical (unpaired) electrons. The predicted octanol–water partition coefficient (Wildman–Crippen LogP) is 0.649. The second-order valence-corrected chi connectivity index (χ2v) is 2.18. The minimum absolute atomic E-state index is 0.0278. The van der Waals surface area contributed by atoms with Crippen LogP contribution in [-0.4, -0.2) is 17.2 Å². The molecule has 0 saturated carbocycles. The predicted molar refractivity (Wildman–Crippen MR) is 34.5 cm³/mol. The lowest BCUT2D eigenvalue weighted by molar-refractivity contribution is 0.383. The van der Waals surface area contributed by atoms with Crippen LogP contribution in [0.4, 0.5) is 0 Å². The molecule has 8 heavy (non-hydrogen) atoms. The lowest BCUT2D eigenvalue weighted by Crippen LogP contribution is -2.17. The molecule has 0 saturated heterocycles. The smallest absolute Gasteiger partial charge is 0.427 e. The molecule has 0 fully saturated rings. The molecule has 2 N–H and O–H groups in total. The number of hydrogen-bond donors (Lipinski definition) is 2. The van der Waals surface area contributed by atoms with Gasteiger partial charge in [-0.25, -0.2) is 0 Å². The lowest BCUT2D eigenvalue weighted by Gasteiger charge is -2.05. The van der Waals surface area contributed by atoms with E-state index < -0.39 is 7.12 Å². The first-order valence-electron chi connectivity index (χ1n) is 3.04. The summed E-state index contributed by atoms with van der Waals surface area (Å²) in [5.74, 6) is 0.0278. The second-order valence-electron chi connectivity index (χ2n) is 2.18. The summed E-state index contributed by atoms with van der Waals surface area (Å²) in [6, 6.07) is 0. The van der Waals surface area contributed by atoms with E-state index in [9.17, 15) is 0 Å². The van der Waals surface area contributed by atoms with Crippen LogP contribution < -0.4 is 0 Å². The molecule has 2 nitrogen and oxygen atoms in total. The van der Waals surface area contributed by atoms with Gasteiger partial charge in [-0.2, -0.15) is 0 Å². The van der Waals surface area contributed by atoms with Crippen molar-refractivity contribution in [1.29, 1.82) is 0 Å². The fraction of sp³-hybridized carbons (Fsp3) is 1.00. The number of hydrogen-bond acceptors (Lipinski definition) is 2. The van der Waals surface area contributed by atoms with Crippen molar-refractivity contribution in [2.24, 2.45) is 0 Å². The van der Waals surface area contributed by atoms with Gasteiger partial charge in [-0.3, -0.25) is 0 Å². The van der Waals surface area contributed by atoms with Crippen LogP contribution in [0, 0.1) is 0 Å². The van der Waals surface area contributed by atoms with Crippen LogP contribution in [0.3, 0.4) is 0 Å². The van der Waals surface area contributed by atoms with E-state index in [4.69, 9.17) is 10.0 Å². The van der Waals surface area contributed by atoms with Gasteiger partial charge in [0.25, 0.3) is 0 Å². The summed E-state index contributed by atoms with van der Waals surface area (Å²) in [7, 11) is -1.13. The lowest BCUT2D eigenvalue weighted by atomic mass is 9.72. The van der Waals surface area contributed by atoms with E-state index in [-0.39, 0.29) is 5.82 Å². The quantitative estimate of drug-likeness (QED) is 0.531. The van der Waals surface area contributed by atoms with Gasteiger partial charge in [0.05, 0.1) is 0 Å². The van der Waals surface area contributed by atoms with E-state index >= 15 is 0 Å². The van der Waals surface area contributed by atoms with E-state index in [2.05, 4.69) is 0 Å². The first-order valence-corrected chi connectivity index (χ1v) is 3.04. The Morgan fingerprint density at radius 1 is 1.50 bits per heavy atom. The summed E-state index contributed by atoms with van der Waals surface area (Å²) in [6.45, 7) is 3.85. The molecule has 1 unspecified atom stereocenters. The van der Waals surface area contributed by atoms with E-state index in [1.807, 2.05) is 13.8 Å². The van der Waals surface area contributed by atoms with Gasteiger partial charge in [0.1, 0.15) is 0 Å². The van der Waals surface area contributed by atoms with Gasteiger partial charge >= 0.3 is 7.12 Å². The summed E-state index contributed by atoms with van der Waals surface area (Å²) < 4.78 is 0. The fourth-order valence-corrected chi connectivity index (χ4v) is 0.604. The van der Waals surface area contributed by atoms with Gasteiger partial charge in [-0.1, -0.05) is 26.7 Å². The molecule has 0 aromatic carbocycles. The number of rotatable bonds is 3. The molecule has 0 bridgehead atoms. The molecule has 0 aromatic rings. The van der Waals surface area contributed by atoms with Crippen molar-refractivity contribution in [3.05, 3.63) is 0 Å². The standard InChI is InChI=1S/C5H13BO2/c1-3-4-5(2)6(7)8/h5,7-8H,3-4H2,1-2H3. The SMILES string of the molecule is CCCC(C)B(O)O. The van der Waals surface area contributed by atoms with Gasteiger partial charge in [-0.15, -0.1) is 0 Å². The topological polar surface area (TPSA) is 40.5 Å². The van der Waals surface area contributed by atoms with Gasteiger partial charge in [-0.05, 0) is 5.82 Å². The third-order valence-corrected chi connectivity index (χ3v) is 1.25. The first kappa shape index (κ1) is 7.98. The molecule has 0 aliphatic heterocycles. The Labute approximate surface area is 50.7 Å². The van der Waals surface area contributed by atoms with Crippen molar-refractivity contribution in [3.63, 3.8) is 0 Å². The maximum atomic E-state index is 8.51. The molecule has 0 aromatic heterocycles. The molecule has 0 heterocycles. The van der Waals surface area contributed by atoms with Crippen molar-refractivity contribution >= 4 is 7.12 Å². The third kappa shape index (κ3) is 3.05. The van der Waals surface area contributed by atoms with Crippen LogP contribution in [0.2, 0.25) is 5.82 Å². The maximum Gasteiger partial charge on any atom is 0.454 e. The highest BCUT2D eigenvalue weighted by Crippen LogP contribution is 2.11. The zero-order valence-corrected chi connectivity index (χ0v) is 5.46. The third-order valence-electron chi connectivity index (χ3n) is 1.25. The zero-order chi connectivity index (χ0) is 6.57. The molecule has 0 rings (SSSR count). The minimum Gasteiger partial charge on any atom is -0.427 e. The van der Waals surface area contributed by atoms with E-state index in [1.165, 1.54) is 0 Å². The van der Waals surface area contributed by atoms with Crippen molar-refractivity contribution in [1.82, 2.24) is 0 Å². The van der Waals surface area contributed by atoms with Gasteiger partial charge < -0.3 is 10.0 Å². The minimum atomic E-state index is -1.13. The molecule has 1 atom stereocenters. The molecular weight excluding hydrogens is 103 g/mol. The summed E-state index contributed by atoms with van der Waals surface area (Å²) in [4.78, 5) is 0. The van der Waals surface area contributed by atoms with Gasteiger partial charge in [0.15, 0.2) is 0 Å². The summed E-state index contributed by atoms with van der Waals surface area (Å²) in [5, 5.41) is 17.0. The molecular formula is C5H13BO2. The first-order chi connectivity index (χ1) is 3.68. The van der Waals surface area contributed by atoms with Crippen molar-refractivity contribution in [2.75, 3.05) is 0 Å². The normalized spacial score (nSPS) is 13.5. The van der Waals surface area contributed by atoms with Crippen LogP contribution >= 0.6 is 0 Å². The Kier molecular flexibility index (Phi) is 3.92. The Morgan fingerprint density at radius 3 is 2.12 bits per heavy atom. The Balaban J connectivity index is 3.17. The van der Waals surface area contributed by atoms with E-state index in [0.29, 0.717) is 0 Å². The van der Waals surface area contributed by atoms with E-state index in [0.717, 1.165) is 12.8 Å². The summed E-state index contributed by atoms with van der Waals surface area (Å²) in [6.07, 6.45) is 1.90. The van der Waals surface area contributed by atoms with Crippen molar-refractivity contribution < 1.29 is 10.0 Å². The maximum absolute atomic E-state index is 8.51. The highest BCUT2D eigenvalue weighted by atomic mass is 16.4. The molecule has 0 aliphatic rings. The average molecular weight is 116 g/mol.